The molecule has 0 aromatic carbocycles. The van der Waals surface area contributed by atoms with E-state index in [4.69, 9.17) is 35.4 Å². The third-order valence-corrected chi connectivity index (χ3v) is 0. The van der Waals surface area contributed by atoms with Crippen molar-refractivity contribution in [2.75, 3.05) is 0 Å². The minimum absolute atomic E-state index is 0. The number of nitrogens with two attached hydrogens (primary N) is 2. The molecule has 0 saturated heterocycles. The summed E-state index contributed by atoms with van der Waals surface area (Å²) >= 11 is 0. The molecule has 0 unspecified atom stereocenters. The van der Waals surface area contributed by atoms with Crippen molar-refractivity contribution in [1.82, 2.24) is 6.15 Å². The van der Waals surface area contributed by atoms with Gasteiger partial charge in [-0.2, -0.15) is 0 Å². The molecule has 0 spiro atoms. The van der Waals surface area contributed by atoms with Crippen molar-refractivity contribution >= 4 is 6.03 Å². The molecule has 0 heterocycles. The molecule has 0 fully saturated rings. The third-order valence-electron chi connectivity index (χ3n) is 0. The Morgan fingerprint density at radius 3 is 0.929 bits per heavy atom. The van der Waals surface area contributed by atoms with Crippen molar-refractivity contribution in [2.45, 2.75) is 0 Å². The number of carbonyl (C=O) groups is 1. The number of hydrogen-bond donors (Lipinski definition) is 3. The normalized spacial score (nSPS) is 5.14. The average Bonchev–Trinajstić information content (AvgIpc) is 1.54. The molecule has 0 aromatic rings. The van der Waals surface area contributed by atoms with Gasteiger partial charge in [0.05, 0.1) is 10.2 Å². The molecule has 80 valence electrons. The number of urea groups is 1. The van der Waals surface area contributed by atoms with Crippen LogP contribution in [0, 0.1) is 30.6 Å². The molecule has 0 bridgehead atoms. The summed E-state index contributed by atoms with van der Waals surface area (Å²) in [5.74, 6) is 0. The maximum absolute atomic E-state index is 9.00. The number of nitrogens with zero attached hydrogens (tertiary/aromatic N) is 2. The first-order chi connectivity index (χ1) is 5.20. The number of rotatable bonds is 0. The van der Waals surface area contributed by atoms with Gasteiger partial charge in [-0.05, 0) is 0 Å². The van der Waals surface area contributed by atoms with E-state index in [2.05, 4.69) is 11.5 Å². The van der Waals surface area contributed by atoms with Gasteiger partial charge < -0.3 is 48.3 Å². The Hall–Kier alpha value is -0.734. The number of amides is 2. The number of hydrogen-bond acceptors (Lipinski definition) is 7. The molecule has 13 heteroatoms. The number of primary amides is 2. The van der Waals surface area contributed by atoms with E-state index in [9.17, 15) is 0 Å². The van der Waals surface area contributed by atoms with Gasteiger partial charge >= 0.3 is 57.4 Å². The zero-order valence-corrected chi connectivity index (χ0v) is 10.5. The average molecular weight is 241 g/mol. The predicted octanol–water partition coefficient (Wildman–Crippen LogP) is -4.07. The van der Waals surface area contributed by atoms with Gasteiger partial charge in [-0.25, -0.2) is 4.79 Å². The zero-order chi connectivity index (χ0) is 10.7. The van der Waals surface area contributed by atoms with Crippen molar-refractivity contribution in [1.29, 1.82) is 0 Å². The smallest absolute Gasteiger partial charge is 0.369 e. The maximum Gasteiger partial charge on any atom is 1.00 e. The fourth-order valence-corrected chi connectivity index (χ4v) is 0. The molecule has 2 amide bonds. The van der Waals surface area contributed by atoms with Crippen LogP contribution in [-0.4, -0.2) is 16.2 Å². The maximum atomic E-state index is 9.00. The molecule has 0 aromatic heterocycles. The predicted molar refractivity (Wildman–Crippen MR) is 40.5 cm³/mol. The molecule has 0 saturated carbocycles. The van der Waals surface area contributed by atoms with Gasteiger partial charge in [0.1, 0.15) is 0 Å². The van der Waals surface area contributed by atoms with Gasteiger partial charge in [-0.1, -0.05) is 0 Å². The molecule has 14 heavy (non-hydrogen) atoms. The van der Waals surface area contributed by atoms with Gasteiger partial charge in [0.25, 0.3) is 0 Å². The number of quaternary nitrogens is 1. The molecular formula is CH8KN5O7. The van der Waals surface area contributed by atoms with E-state index in [0.29, 0.717) is 0 Å². The van der Waals surface area contributed by atoms with Crippen LogP contribution in [-0.2, 0) is 0 Å². The third kappa shape index (κ3) is 2210. The van der Waals surface area contributed by atoms with Crippen molar-refractivity contribution in [2.24, 2.45) is 11.5 Å². The summed E-state index contributed by atoms with van der Waals surface area (Å²) in [6.07, 6.45) is 0. The second-order valence-corrected chi connectivity index (χ2v) is 0.850. The molecule has 0 atom stereocenters. The second kappa shape index (κ2) is 22.8. The minimum Gasteiger partial charge on any atom is -0.369 e. The van der Waals surface area contributed by atoms with E-state index in [1.165, 1.54) is 0 Å². The van der Waals surface area contributed by atoms with Crippen LogP contribution in [0.3, 0.4) is 0 Å². The molecule has 0 aliphatic heterocycles. The van der Waals surface area contributed by atoms with E-state index in [-0.39, 0.29) is 57.5 Å². The van der Waals surface area contributed by atoms with Crippen LogP contribution in [0.15, 0.2) is 0 Å². The fourth-order valence-electron chi connectivity index (χ4n) is 0. The fraction of sp³-hybridized carbons (Fsp3) is 0. The molecule has 0 radical (unpaired) electrons. The first kappa shape index (κ1) is 29.2. The SMILES string of the molecule is NC(N)=O.O=[N+]([O-])[O-].O=[N+]([O-])[O-].[K+].[NH4+]. The quantitative estimate of drug-likeness (QED) is 0.215. The Morgan fingerprint density at radius 2 is 0.929 bits per heavy atom. The van der Waals surface area contributed by atoms with Crippen molar-refractivity contribution < 1.29 is 66.4 Å². The van der Waals surface area contributed by atoms with Crippen LogP contribution in [0.1, 0.15) is 0 Å². The monoisotopic (exact) mass is 241 g/mol. The zero-order valence-electron chi connectivity index (χ0n) is 7.41. The van der Waals surface area contributed by atoms with Crippen LogP contribution >= 0.6 is 0 Å². The molecular weight excluding hydrogens is 233 g/mol. The van der Waals surface area contributed by atoms with Crippen LogP contribution in [0.5, 0.6) is 0 Å². The first-order valence-corrected chi connectivity index (χ1v) is 1.88. The minimum atomic E-state index is -1.75. The summed E-state index contributed by atoms with van der Waals surface area (Å²) < 4.78 is 0. The molecule has 0 rings (SSSR count). The summed E-state index contributed by atoms with van der Waals surface area (Å²) in [6.45, 7) is 0. The summed E-state index contributed by atoms with van der Waals surface area (Å²) in [6, 6.07) is -0.833. The largest absolute Gasteiger partial charge is 1.00 e. The van der Waals surface area contributed by atoms with Gasteiger partial charge in [0.2, 0.25) is 0 Å². The van der Waals surface area contributed by atoms with Crippen LogP contribution in [0.25, 0.3) is 0 Å². The standard InChI is InChI=1S/CH4N2O.K.2NO3.H3N/c2-1(3)4;;2*2-1(3)4;/h(H4,2,3,4);;;;1H3/q;+1;2*-1;/p+1. The molecule has 0 aliphatic rings. The van der Waals surface area contributed by atoms with E-state index < -0.39 is 16.2 Å². The van der Waals surface area contributed by atoms with E-state index >= 15 is 0 Å². The Balaban J connectivity index is -0.0000000270. The Bertz CT molecular complexity index is 120. The summed E-state index contributed by atoms with van der Waals surface area (Å²) in [5.41, 5.74) is 8.50. The summed E-state index contributed by atoms with van der Waals surface area (Å²) in [7, 11) is 0. The van der Waals surface area contributed by atoms with Crippen LogP contribution < -0.4 is 69.0 Å². The second-order valence-electron chi connectivity index (χ2n) is 0.850. The molecule has 8 N–H and O–H groups in total. The van der Waals surface area contributed by atoms with Gasteiger partial charge in [0, 0.05) is 0 Å². The molecule has 0 aliphatic carbocycles. The Labute approximate surface area is 119 Å². The van der Waals surface area contributed by atoms with Crippen molar-refractivity contribution in [3.63, 3.8) is 0 Å². The molecule has 12 nitrogen and oxygen atoms in total. The first-order valence-electron chi connectivity index (χ1n) is 1.88. The summed E-state index contributed by atoms with van der Waals surface area (Å²) in [4.78, 5) is 25.5. The summed E-state index contributed by atoms with van der Waals surface area (Å²) in [5, 5.41) is 29.5. The van der Waals surface area contributed by atoms with Gasteiger partial charge in [-0.3, -0.25) is 0 Å². The topological polar surface area (TPSA) is 238 Å². The van der Waals surface area contributed by atoms with Gasteiger partial charge in [0.15, 0.2) is 0 Å². The Kier molecular flexibility index (Phi) is 47.5. The van der Waals surface area contributed by atoms with Crippen LogP contribution in [0.2, 0.25) is 0 Å². The van der Waals surface area contributed by atoms with Gasteiger partial charge in [-0.15, -0.1) is 0 Å². The Morgan fingerprint density at radius 1 is 0.929 bits per heavy atom. The van der Waals surface area contributed by atoms with E-state index in [1.807, 2.05) is 0 Å². The number of carbonyl (C=O) groups excluding carboxylic acids is 1. The van der Waals surface area contributed by atoms with E-state index in [1.54, 1.807) is 0 Å². The van der Waals surface area contributed by atoms with Crippen LogP contribution in [0.4, 0.5) is 4.79 Å². The van der Waals surface area contributed by atoms with E-state index in [0.717, 1.165) is 0 Å². The van der Waals surface area contributed by atoms with Crippen molar-refractivity contribution in [3.8, 4) is 0 Å². The van der Waals surface area contributed by atoms with Crippen molar-refractivity contribution in [3.05, 3.63) is 30.6 Å².